The molecule has 0 saturated heterocycles. The molecule has 12 nitrogen and oxygen atoms in total. The number of aromatic nitrogens is 1. The highest BCUT2D eigenvalue weighted by molar-refractivity contribution is 5.94. The van der Waals surface area contributed by atoms with E-state index in [9.17, 15) is 24.0 Å². The number of hydrogen-bond acceptors (Lipinski definition) is 6. The molecule has 2 rings (SSSR count). The number of carboxylic acids is 2. The fraction of sp³-hybridized carbons (Fsp3) is 0.435. The molecule has 3 amide bonds. The zero-order chi connectivity index (χ0) is 26.1. The van der Waals surface area contributed by atoms with Crippen LogP contribution in [0.2, 0.25) is 0 Å². The molecule has 3 atom stereocenters. The Morgan fingerprint density at radius 3 is 2.23 bits per heavy atom. The molecule has 12 heteroatoms. The molecule has 0 spiro atoms. The fourth-order valence-electron chi connectivity index (χ4n) is 3.40. The molecule has 0 fully saturated rings. The number of rotatable bonds is 13. The fourth-order valence-corrected chi connectivity index (χ4v) is 3.40. The SMILES string of the molecule is CC(C)C(N)C(=O)NC(Cc1c[nH]c2ccccc12)C(=O)NC(CCC(=O)O)C(=O)NCC(=O)O. The van der Waals surface area contributed by atoms with E-state index in [1.54, 1.807) is 20.0 Å². The number of hydrogen-bond donors (Lipinski definition) is 7. The first-order valence-electron chi connectivity index (χ1n) is 11.1. The molecule has 2 aromatic rings. The summed E-state index contributed by atoms with van der Waals surface area (Å²) in [6.45, 7) is 2.82. The van der Waals surface area contributed by atoms with Crippen LogP contribution < -0.4 is 21.7 Å². The quantitative estimate of drug-likeness (QED) is 0.199. The van der Waals surface area contributed by atoms with Crippen LogP contribution in [0.25, 0.3) is 10.9 Å². The Bertz CT molecular complexity index is 1080. The van der Waals surface area contributed by atoms with Crippen molar-refractivity contribution in [2.75, 3.05) is 6.54 Å². The number of H-pyrrole nitrogens is 1. The number of benzene rings is 1. The Kier molecular flexibility index (Phi) is 9.76. The second kappa shape index (κ2) is 12.5. The van der Waals surface area contributed by atoms with Crippen molar-refractivity contribution in [3.63, 3.8) is 0 Å². The minimum atomic E-state index is -1.32. The molecule has 8 N–H and O–H groups in total. The van der Waals surface area contributed by atoms with Crippen molar-refractivity contribution in [2.24, 2.45) is 11.7 Å². The number of aromatic amines is 1. The Hall–Kier alpha value is -3.93. The van der Waals surface area contributed by atoms with Gasteiger partial charge >= 0.3 is 11.9 Å². The third kappa shape index (κ3) is 8.10. The zero-order valence-electron chi connectivity index (χ0n) is 19.5. The van der Waals surface area contributed by atoms with Gasteiger partial charge in [0.1, 0.15) is 18.6 Å². The predicted molar refractivity (Wildman–Crippen MR) is 126 cm³/mol. The van der Waals surface area contributed by atoms with Crippen LogP contribution in [0.3, 0.4) is 0 Å². The summed E-state index contributed by atoms with van der Waals surface area (Å²) in [7, 11) is 0. The Balaban J connectivity index is 2.27. The van der Waals surface area contributed by atoms with Gasteiger partial charge in [-0.1, -0.05) is 32.0 Å². The van der Waals surface area contributed by atoms with E-state index in [1.165, 1.54) is 0 Å². The van der Waals surface area contributed by atoms with Gasteiger partial charge in [0, 0.05) is 29.9 Å². The molecular weight excluding hydrogens is 458 g/mol. The van der Waals surface area contributed by atoms with Gasteiger partial charge in [0.2, 0.25) is 17.7 Å². The molecule has 0 radical (unpaired) electrons. The summed E-state index contributed by atoms with van der Waals surface area (Å²) in [5.74, 6) is -4.83. The average Bonchev–Trinajstić information content (AvgIpc) is 3.21. The van der Waals surface area contributed by atoms with Gasteiger partial charge in [0.15, 0.2) is 0 Å². The molecule has 0 aliphatic carbocycles. The predicted octanol–water partition coefficient (Wildman–Crippen LogP) is -0.271. The molecule has 190 valence electrons. The number of nitrogens with one attached hydrogen (secondary N) is 4. The lowest BCUT2D eigenvalue weighted by Gasteiger charge is -2.24. The zero-order valence-corrected chi connectivity index (χ0v) is 19.5. The second-order valence-electron chi connectivity index (χ2n) is 8.50. The van der Waals surface area contributed by atoms with Crippen LogP contribution in [0.15, 0.2) is 30.5 Å². The summed E-state index contributed by atoms with van der Waals surface area (Å²) >= 11 is 0. The van der Waals surface area contributed by atoms with E-state index in [1.807, 2.05) is 24.3 Å². The third-order valence-corrected chi connectivity index (χ3v) is 5.45. The van der Waals surface area contributed by atoms with E-state index in [-0.39, 0.29) is 18.8 Å². The molecule has 0 bridgehead atoms. The highest BCUT2D eigenvalue weighted by Gasteiger charge is 2.30. The van der Waals surface area contributed by atoms with E-state index < -0.39 is 60.8 Å². The van der Waals surface area contributed by atoms with Gasteiger partial charge in [-0.3, -0.25) is 24.0 Å². The van der Waals surface area contributed by atoms with Gasteiger partial charge in [-0.15, -0.1) is 0 Å². The van der Waals surface area contributed by atoms with Crippen molar-refractivity contribution < 1.29 is 34.2 Å². The molecule has 1 aromatic heterocycles. The van der Waals surface area contributed by atoms with Crippen LogP contribution in [-0.4, -0.2) is 69.5 Å². The third-order valence-electron chi connectivity index (χ3n) is 5.45. The first kappa shape index (κ1) is 27.3. The molecule has 1 aromatic carbocycles. The summed E-state index contributed by atoms with van der Waals surface area (Å²) in [5, 5.41) is 25.9. The summed E-state index contributed by atoms with van der Waals surface area (Å²) in [4.78, 5) is 63.2. The van der Waals surface area contributed by atoms with Crippen LogP contribution in [0, 0.1) is 5.92 Å². The number of carboxylic acid groups (broad SMARTS) is 2. The normalized spacial score (nSPS) is 13.6. The van der Waals surface area contributed by atoms with Crippen LogP contribution in [0.5, 0.6) is 0 Å². The van der Waals surface area contributed by atoms with Crippen LogP contribution in [0.1, 0.15) is 32.3 Å². The molecule has 0 saturated carbocycles. The standard InChI is InChI=1S/C23H31N5O7/c1-12(2)20(24)23(35)28-17(9-13-10-25-15-6-4-3-5-14(13)15)22(34)27-16(7-8-18(29)30)21(33)26-11-19(31)32/h3-6,10,12,16-17,20,25H,7-9,11,24H2,1-2H3,(H,26,33)(H,27,34)(H,28,35)(H,29,30)(H,31,32). The van der Waals surface area contributed by atoms with Crippen molar-refractivity contribution in [1.82, 2.24) is 20.9 Å². The molecule has 0 aliphatic rings. The van der Waals surface area contributed by atoms with Crippen molar-refractivity contribution in [3.8, 4) is 0 Å². The Morgan fingerprint density at radius 1 is 0.943 bits per heavy atom. The highest BCUT2D eigenvalue weighted by Crippen LogP contribution is 2.19. The molecule has 3 unspecified atom stereocenters. The first-order valence-corrected chi connectivity index (χ1v) is 11.1. The van der Waals surface area contributed by atoms with Gasteiger partial charge in [0.25, 0.3) is 0 Å². The maximum atomic E-state index is 13.2. The van der Waals surface area contributed by atoms with Crippen molar-refractivity contribution >= 4 is 40.6 Å². The van der Waals surface area contributed by atoms with Gasteiger partial charge in [-0.2, -0.15) is 0 Å². The van der Waals surface area contributed by atoms with Crippen molar-refractivity contribution in [2.45, 2.75) is 51.2 Å². The van der Waals surface area contributed by atoms with Crippen LogP contribution in [0.4, 0.5) is 0 Å². The summed E-state index contributed by atoms with van der Waals surface area (Å²) in [6, 6.07) is 4.05. The number of carbonyl (C=O) groups is 5. The first-order chi connectivity index (χ1) is 16.5. The van der Waals surface area contributed by atoms with Gasteiger partial charge in [-0.05, 0) is 24.0 Å². The van der Waals surface area contributed by atoms with Gasteiger partial charge in [0.05, 0.1) is 6.04 Å². The van der Waals surface area contributed by atoms with E-state index in [0.29, 0.717) is 0 Å². The largest absolute Gasteiger partial charge is 0.481 e. The molecule has 35 heavy (non-hydrogen) atoms. The van der Waals surface area contributed by atoms with Gasteiger partial charge < -0.3 is 36.9 Å². The van der Waals surface area contributed by atoms with E-state index in [0.717, 1.165) is 16.5 Å². The maximum absolute atomic E-state index is 13.2. The topological polar surface area (TPSA) is 204 Å². The maximum Gasteiger partial charge on any atom is 0.322 e. The van der Waals surface area contributed by atoms with Crippen molar-refractivity contribution in [3.05, 3.63) is 36.0 Å². The van der Waals surface area contributed by atoms with E-state index in [2.05, 4.69) is 20.9 Å². The van der Waals surface area contributed by atoms with E-state index in [4.69, 9.17) is 15.9 Å². The monoisotopic (exact) mass is 489 g/mol. The minimum Gasteiger partial charge on any atom is -0.481 e. The minimum absolute atomic E-state index is 0.0643. The average molecular weight is 490 g/mol. The van der Waals surface area contributed by atoms with Crippen molar-refractivity contribution in [1.29, 1.82) is 0 Å². The molecular formula is C23H31N5O7. The second-order valence-corrected chi connectivity index (χ2v) is 8.50. The van der Waals surface area contributed by atoms with Crippen LogP contribution >= 0.6 is 0 Å². The Morgan fingerprint density at radius 2 is 1.60 bits per heavy atom. The number of amides is 3. The molecule has 1 heterocycles. The number of para-hydroxylation sites is 1. The van der Waals surface area contributed by atoms with E-state index >= 15 is 0 Å². The Labute approximate surface area is 201 Å². The summed E-state index contributed by atoms with van der Waals surface area (Å²) < 4.78 is 0. The number of aliphatic carboxylic acids is 2. The van der Waals surface area contributed by atoms with Crippen LogP contribution in [-0.2, 0) is 30.4 Å². The number of carbonyl (C=O) groups excluding carboxylic acids is 3. The molecule has 0 aliphatic heterocycles. The van der Waals surface area contributed by atoms with Gasteiger partial charge in [-0.25, -0.2) is 0 Å². The lowest BCUT2D eigenvalue weighted by molar-refractivity contribution is -0.140. The smallest absolute Gasteiger partial charge is 0.322 e. The summed E-state index contributed by atoms with van der Waals surface area (Å²) in [5.41, 5.74) is 7.50. The number of fused-ring (bicyclic) bond motifs is 1. The lowest BCUT2D eigenvalue weighted by Crippen LogP contribution is -2.57. The number of nitrogens with two attached hydrogens (primary N) is 1. The highest BCUT2D eigenvalue weighted by atomic mass is 16.4. The lowest BCUT2D eigenvalue weighted by atomic mass is 10.0. The summed E-state index contributed by atoms with van der Waals surface area (Å²) in [6.07, 6.45) is 1.06.